The van der Waals surface area contributed by atoms with E-state index in [0.29, 0.717) is 16.1 Å². The van der Waals surface area contributed by atoms with E-state index < -0.39 is 11.7 Å². The third kappa shape index (κ3) is 3.47. The summed E-state index contributed by atoms with van der Waals surface area (Å²) in [7, 11) is 0. The van der Waals surface area contributed by atoms with Crippen molar-refractivity contribution in [2.45, 2.75) is 13.1 Å². The van der Waals surface area contributed by atoms with Crippen molar-refractivity contribution in [2.24, 2.45) is 0 Å². The zero-order valence-corrected chi connectivity index (χ0v) is 11.4. The van der Waals surface area contributed by atoms with Crippen molar-refractivity contribution in [2.75, 3.05) is 0 Å². The normalized spacial score (nSPS) is 11.4. The first-order chi connectivity index (χ1) is 8.86. The molecule has 1 heterocycles. The van der Waals surface area contributed by atoms with Gasteiger partial charge in [-0.2, -0.15) is 13.2 Å². The van der Waals surface area contributed by atoms with Crippen LogP contribution in [-0.2, 0) is 6.18 Å². The third-order valence-corrected chi connectivity index (χ3v) is 2.91. The quantitative estimate of drug-likeness (QED) is 0.775. The molecule has 0 fully saturated rings. The Labute approximate surface area is 116 Å². The Bertz CT molecular complexity index is 581. The van der Waals surface area contributed by atoms with Gasteiger partial charge in [0.2, 0.25) is 5.88 Å². The van der Waals surface area contributed by atoms with Crippen LogP contribution in [0.25, 0.3) is 0 Å². The summed E-state index contributed by atoms with van der Waals surface area (Å²) < 4.78 is 43.2. The summed E-state index contributed by atoms with van der Waals surface area (Å²) in [5.41, 5.74) is 0.238. The molecular formula is C13H9BrF3NO. The van der Waals surface area contributed by atoms with Gasteiger partial charge in [0, 0.05) is 6.20 Å². The lowest BCUT2D eigenvalue weighted by molar-refractivity contribution is -0.137. The first-order valence-electron chi connectivity index (χ1n) is 5.33. The number of hydrogen-bond acceptors (Lipinski definition) is 2. The number of pyridine rings is 1. The lowest BCUT2D eigenvalue weighted by atomic mass is 10.2. The number of alkyl halides is 3. The molecule has 0 unspecified atom stereocenters. The van der Waals surface area contributed by atoms with Crippen molar-refractivity contribution in [1.29, 1.82) is 0 Å². The molecule has 0 aliphatic heterocycles. The fourth-order valence-corrected chi connectivity index (χ4v) is 1.96. The maximum absolute atomic E-state index is 12.4. The van der Waals surface area contributed by atoms with Crippen molar-refractivity contribution < 1.29 is 17.9 Å². The van der Waals surface area contributed by atoms with E-state index in [9.17, 15) is 13.2 Å². The van der Waals surface area contributed by atoms with Crippen LogP contribution in [0.1, 0.15) is 11.1 Å². The predicted molar refractivity (Wildman–Crippen MR) is 68.2 cm³/mol. The highest BCUT2D eigenvalue weighted by Crippen LogP contribution is 2.32. The average molecular weight is 332 g/mol. The molecule has 0 bridgehead atoms. The van der Waals surface area contributed by atoms with Gasteiger partial charge in [-0.15, -0.1) is 0 Å². The van der Waals surface area contributed by atoms with Crippen molar-refractivity contribution >= 4 is 15.9 Å². The van der Waals surface area contributed by atoms with E-state index in [1.54, 1.807) is 6.20 Å². The van der Waals surface area contributed by atoms with Crippen molar-refractivity contribution in [3.63, 3.8) is 0 Å². The van der Waals surface area contributed by atoms with Crippen LogP contribution in [-0.4, -0.2) is 4.98 Å². The van der Waals surface area contributed by atoms with Gasteiger partial charge in [-0.1, -0.05) is 0 Å². The summed E-state index contributed by atoms with van der Waals surface area (Å²) in [6.45, 7) is 1.87. The van der Waals surface area contributed by atoms with Gasteiger partial charge < -0.3 is 4.74 Å². The van der Waals surface area contributed by atoms with E-state index >= 15 is 0 Å². The molecule has 2 nitrogen and oxygen atoms in total. The van der Waals surface area contributed by atoms with Crippen LogP contribution in [0.2, 0.25) is 0 Å². The Morgan fingerprint density at radius 2 is 1.79 bits per heavy atom. The molecule has 1 aromatic heterocycles. The summed E-state index contributed by atoms with van der Waals surface area (Å²) in [6.07, 6.45) is -2.73. The maximum atomic E-state index is 12.4. The predicted octanol–water partition coefficient (Wildman–Crippen LogP) is 4.96. The molecule has 100 valence electrons. The first kappa shape index (κ1) is 13.9. The lowest BCUT2D eigenvalue weighted by Gasteiger charge is -2.09. The van der Waals surface area contributed by atoms with Crippen LogP contribution in [0.3, 0.4) is 0 Å². The maximum Gasteiger partial charge on any atom is 0.416 e. The third-order valence-electron chi connectivity index (χ3n) is 2.34. The van der Waals surface area contributed by atoms with E-state index in [0.717, 1.165) is 17.7 Å². The molecule has 6 heteroatoms. The molecule has 2 aromatic rings. The van der Waals surface area contributed by atoms with Crippen LogP contribution in [0.15, 0.2) is 41.0 Å². The molecule has 1 aromatic carbocycles. The average Bonchev–Trinajstić information content (AvgIpc) is 2.32. The van der Waals surface area contributed by atoms with E-state index in [-0.39, 0.29) is 0 Å². The van der Waals surface area contributed by atoms with E-state index in [2.05, 4.69) is 20.9 Å². The van der Waals surface area contributed by atoms with Gasteiger partial charge in [0.25, 0.3) is 0 Å². The number of benzene rings is 1. The molecular weight excluding hydrogens is 323 g/mol. The van der Waals surface area contributed by atoms with Crippen LogP contribution in [0.4, 0.5) is 13.2 Å². The van der Waals surface area contributed by atoms with E-state index in [1.807, 2.05) is 13.0 Å². The Hall–Kier alpha value is -1.56. The molecule has 19 heavy (non-hydrogen) atoms. The zero-order valence-electron chi connectivity index (χ0n) is 9.83. The van der Waals surface area contributed by atoms with Gasteiger partial charge in [-0.05, 0) is 58.7 Å². The van der Waals surface area contributed by atoms with Gasteiger partial charge in [0.05, 0.1) is 10.0 Å². The van der Waals surface area contributed by atoms with Gasteiger partial charge in [-0.25, -0.2) is 4.98 Å². The Balaban J connectivity index is 2.20. The fourth-order valence-electron chi connectivity index (χ4n) is 1.42. The van der Waals surface area contributed by atoms with E-state index in [4.69, 9.17) is 4.74 Å². The second-order valence-electron chi connectivity index (χ2n) is 3.92. The Morgan fingerprint density at radius 1 is 1.16 bits per heavy atom. The fraction of sp³-hybridized carbons (Fsp3) is 0.154. The number of aryl methyl sites for hydroxylation is 1. The zero-order chi connectivity index (χ0) is 14.0. The molecule has 0 spiro atoms. The SMILES string of the molecule is Cc1cnc(Oc2ccc(C(F)(F)F)cc2)c(Br)c1. The number of nitrogens with zero attached hydrogens (tertiary/aromatic N) is 1. The number of rotatable bonds is 2. The van der Waals surface area contributed by atoms with Crippen LogP contribution < -0.4 is 4.74 Å². The van der Waals surface area contributed by atoms with Crippen LogP contribution >= 0.6 is 15.9 Å². The molecule has 0 aliphatic rings. The van der Waals surface area contributed by atoms with Gasteiger partial charge >= 0.3 is 6.18 Å². The van der Waals surface area contributed by atoms with Crippen molar-refractivity contribution in [3.8, 4) is 11.6 Å². The van der Waals surface area contributed by atoms with Gasteiger partial charge in [0.1, 0.15) is 5.75 Å². The van der Waals surface area contributed by atoms with Crippen molar-refractivity contribution in [1.82, 2.24) is 4.98 Å². The summed E-state index contributed by atoms with van der Waals surface area (Å²) in [4.78, 5) is 4.05. The Kier molecular flexibility index (Phi) is 3.80. The summed E-state index contributed by atoms with van der Waals surface area (Å²) in [6, 6.07) is 6.27. The smallest absolute Gasteiger partial charge is 0.416 e. The largest absolute Gasteiger partial charge is 0.438 e. The second-order valence-corrected chi connectivity index (χ2v) is 4.78. The summed E-state index contributed by atoms with van der Waals surface area (Å²) >= 11 is 3.28. The van der Waals surface area contributed by atoms with Crippen LogP contribution in [0, 0.1) is 6.92 Å². The lowest BCUT2D eigenvalue weighted by Crippen LogP contribution is -2.04. The topological polar surface area (TPSA) is 22.1 Å². The minimum absolute atomic E-state index is 0.296. The van der Waals surface area contributed by atoms with Gasteiger partial charge in [0.15, 0.2) is 0 Å². The number of ether oxygens (including phenoxy) is 1. The van der Waals surface area contributed by atoms with E-state index in [1.165, 1.54) is 12.1 Å². The Morgan fingerprint density at radius 3 is 2.32 bits per heavy atom. The monoisotopic (exact) mass is 331 g/mol. The van der Waals surface area contributed by atoms with Crippen LogP contribution in [0.5, 0.6) is 11.6 Å². The van der Waals surface area contributed by atoms with Crippen molar-refractivity contribution in [3.05, 3.63) is 52.1 Å². The minimum Gasteiger partial charge on any atom is -0.438 e. The second kappa shape index (κ2) is 5.21. The molecule has 0 amide bonds. The first-order valence-corrected chi connectivity index (χ1v) is 6.13. The summed E-state index contributed by atoms with van der Waals surface area (Å²) in [5, 5.41) is 0. The molecule has 2 rings (SSSR count). The molecule has 0 aliphatic carbocycles. The molecule has 0 radical (unpaired) electrons. The highest BCUT2D eigenvalue weighted by Gasteiger charge is 2.30. The number of hydrogen-bond donors (Lipinski definition) is 0. The highest BCUT2D eigenvalue weighted by molar-refractivity contribution is 9.10. The number of aromatic nitrogens is 1. The van der Waals surface area contributed by atoms with Gasteiger partial charge in [-0.3, -0.25) is 0 Å². The minimum atomic E-state index is -4.35. The number of halogens is 4. The molecule has 0 atom stereocenters. The molecule has 0 N–H and O–H groups in total. The summed E-state index contributed by atoms with van der Waals surface area (Å²) in [5.74, 6) is 0.607. The highest BCUT2D eigenvalue weighted by atomic mass is 79.9. The molecule has 0 saturated heterocycles. The molecule has 0 saturated carbocycles. The standard InChI is InChI=1S/C13H9BrF3NO/c1-8-6-11(14)12(18-7-8)19-10-4-2-9(3-5-10)13(15,16)17/h2-7H,1H3.